The maximum Gasteiger partial charge on any atom is 0.240 e. The third kappa shape index (κ3) is 5.07. The standard InChI is InChI=1S/C12H18N2OS/c1-3-4-5-6-12(15)14-13-9-11-8-7-10(2)16-11/h7-9H,3-6H2,1-2H3,(H,14,15)/b13-9+. The first-order valence-electron chi connectivity index (χ1n) is 5.60. The first-order valence-corrected chi connectivity index (χ1v) is 6.42. The average Bonchev–Trinajstić information content (AvgIpc) is 2.65. The van der Waals surface area contributed by atoms with Crippen LogP contribution in [0.2, 0.25) is 0 Å². The molecular weight excluding hydrogens is 220 g/mol. The van der Waals surface area contributed by atoms with E-state index >= 15 is 0 Å². The Labute approximate surface area is 101 Å². The molecule has 4 heteroatoms. The molecule has 0 aliphatic carbocycles. The Kier molecular flexibility index (Phi) is 5.78. The highest BCUT2D eigenvalue weighted by molar-refractivity contribution is 7.13. The van der Waals surface area contributed by atoms with Gasteiger partial charge in [0.15, 0.2) is 0 Å². The zero-order valence-corrected chi connectivity index (χ0v) is 10.6. The molecule has 0 radical (unpaired) electrons. The van der Waals surface area contributed by atoms with E-state index in [-0.39, 0.29) is 5.91 Å². The van der Waals surface area contributed by atoms with Gasteiger partial charge in [0, 0.05) is 16.2 Å². The Morgan fingerprint density at radius 2 is 2.31 bits per heavy atom. The number of hydrogen-bond acceptors (Lipinski definition) is 3. The summed E-state index contributed by atoms with van der Waals surface area (Å²) in [6.07, 6.45) is 5.42. The number of rotatable bonds is 6. The number of hydrogen-bond donors (Lipinski definition) is 1. The summed E-state index contributed by atoms with van der Waals surface area (Å²) in [5.41, 5.74) is 2.54. The molecule has 1 aromatic rings. The van der Waals surface area contributed by atoms with Gasteiger partial charge in [0.2, 0.25) is 5.91 Å². The van der Waals surface area contributed by atoms with Crippen molar-refractivity contribution in [2.75, 3.05) is 0 Å². The predicted octanol–water partition coefficient (Wildman–Crippen LogP) is 3.09. The molecule has 0 saturated carbocycles. The fourth-order valence-electron chi connectivity index (χ4n) is 1.28. The van der Waals surface area contributed by atoms with E-state index in [0.29, 0.717) is 6.42 Å². The lowest BCUT2D eigenvalue weighted by Crippen LogP contribution is -2.16. The Morgan fingerprint density at radius 3 is 2.94 bits per heavy atom. The molecule has 88 valence electrons. The van der Waals surface area contributed by atoms with Crippen molar-refractivity contribution < 1.29 is 4.79 Å². The second-order valence-electron chi connectivity index (χ2n) is 3.70. The van der Waals surface area contributed by atoms with Gasteiger partial charge in [-0.25, -0.2) is 5.43 Å². The number of carbonyl (C=O) groups is 1. The Bertz CT molecular complexity index is 358. The van der Waals surface area contributed by atoms with Crippen LogP contribution in [0.5, 0.6) is 0 Å². The summed E-state index contributed by atoms with van der Waals surface area (Å²) in [5.74, 6) is -0.00187. The van der Waals surface area contributed by atoms with E-state index in [1.807, 2.05) is 19.1 Å². The van der Waals surface area contributed by atoms with Crippen molar-refractivity contribution in [1.29, 1.82) is 0 Å². The Hall–Kier alpha value is -1.16. The lowest BCUT2D eigenvalue weighted by Gasteiger charge is -1.97. The first kappa shape index (κ1) is 12.9. The minimum atomic E-state index is -0.00187. The van der Waals surface area contributed by atoms with Crippen LogP contribution in [-0.4, -0.2) is 12.1 Å². The molecule has 0 fully saturated rings. The van der Waals surface area contributed by atoms with Gasteiger partial charge >= 0.3 is 0 Å². The molecule has 0 spiro atoms. The molecule has 3 nitrogen and oxygen atoms in total. The minimum Gasteiger partial charge on any atom is -0.273 e. The van der Waals surface area contributed by atoms with E-state index in [0.717, 1.165) is 24.1 Å². The van der Waals surface area contributed by atoms with Crippen LogP contribution in [-0.2, 0) is 4.79 Å². The van der Waals surface area contributed by atoms with Gasteiger partial charge in [-0.05, 0) is 25.5 Å². The number of thiophene rings is 1. The summed E-state index contributed by atoms with van der Waals surface area (Å²) in [7, 11) is 0. The number of nitrogens with one attached hydrogen (secondary N) is 1. The average molecular weight is 238 g/mol. The van der Waals surface area contributed by atoms with Crippen LogP contribution in [0.1, 0.15) is 42.4 Å². The van der Waals surface area contributed by atoms with E-state index in [4.69, 9.17) is 0 Å². The summed E-state index contributed by atoms with van der Waals surface area (Å²) >= 11 is 1.66. The smallest absolute Gasteiger partial charge is 0.240 e. The summed E-state index contributed by atoms with van der Waals surface area (Å²) < 4.78 is 0. The quantitative estimate of drug-likeness (QED) is 0.462. The fourth-order valence-corrected chi connectivity index (χ4v) is 2.03. The summed E-state index contributed by atoms with van der Waals surface area (Å²) in [4.78, 5) is 13.6. The molecular formula is C12H18N2OS. The highest BCUT2D eigenvalue weighted by Crippen LogP contribution is 2.12. The zero-order chi connectivity index (χ0) is 11.8. The number of hydrazone groups is 1. The monoisotopic (exact) mass is 238 g/mol. The van der Waals surface area contributed by atoms with Gasteiger partial charge in [-0.2, -0.15) is 5.10 Å². The van der Waals surface area contributed by atoms with Gasteiger partial charge < -0.3 is 0 Å². The van der Waals surface area contributed by atoms with Crippen molar-refractivity contribution in [3.63, 3.8) is 0 Å². The van der Waals surface area contributed by atoms with Crippen LogP contribution < -0.4 is 5.43 Å². The highest BCUT2D eigenvalue weighted by atomic mass is 32.1. The van der Waals surface area contributed by atoms with Crippen molar-refractivity contribution in [1.82, 2.24) is 5.43 Å². The molecule has 0 aliphatic rings. The van der Waals surface area contributed by atoms with Gasteiger partial charge in [-0.3, -0.25) is 4.79 Å². The number of nitrogens with zero attached hydrogens (tertiary/aromatic N) is 1. The highest BCUT2D eigenvalue weighted by Gasteiger charge is 1.98. The maximum atomic E-state index is 11.3. The van der Waals surface area contributed by atoms with Crippen LogP contribution in [0.25, 0.3) is 0 Å². The third-order valence-electron chi connectivity index (χ3n) is 2.15. The molecule has 16 heavy (non-hydrogen) atoms. The zero-order valence-electron chi connectivity index (χ0n) is 9.82. The number of carbonyl (C=O) groups excluding carboxylic acids is 1. The van der Waals surface area contributed by atoms with E-state index in [9.17, 15) is 4.79 Å². The van der Waals surface area contributed by atoms with Crippen molar-refractivity contribution in [2.24, 2.45) is 5.10 Å². The van der Waals surface area contributed by atoms with Crippen LogP contribution in [0.3, 0.4) is 0 Å². The number of aryl methyl sites for hydroxylation is 1. The van der Waals surface area contributed by atoms with Crippen molar-refractivity contribution >= 4 is 23.5 Å². The van der Waals surface area contributed by atoms with Crippen LogP contribution >= 0.6 is 11.3 Å². The lowest BCUT2D eigenvalue weighted by atomic mass is 10.2. The molecule has 0 aromatic carbocycles. The summed E-state index contributed by atoms with van der Waals surface area (Å²) in [5, 5.41) is 3.92. The first-order chi connectivity index (χ1) is 7.72. The molecule has 1 aromatic heterocycles. The van der Waals surface area contributed by atoms with E-state index in [2.05, 4.69) is 17.5 Å². The summed E-state index contributed by atoms with van der Waals surface area (Å²) in [6, 6.07) is 4.03. The predicted molar refractivity (Wildman–Crippen MR) is 68.9 cm³/mol. The van der Waals surface area contributed by atoms with Crippen LogP contribution in [0.4, 0.5) is 0 Å². The molecule has 1 rings (SSSR count). The van der Waals surface area contributed by atoms with Gasteiger partial charge in [0.05, 0.1) is 6.21 Å². The molecule has 1 amide bonds. The maximum absolute atomic E-state index is 11.3. The van der Waals surface area contributed by atoms with Gasteiger partial charge in [-0.15, -0.1) is 11.3 Å². The van der Waals surface area contributed by atoms with E-state index in [1.165, 1.54) is 4.88 Å². The molecule has 0 atom stereocenters. The molecule has 0 bridgehead atoms. The molecule has 1 N–H and O–H groups in total. The Morgan fingerprint density at radius 1 is 1.50 bits per heavy atom. The Balaban J connectivity index is 2.23. The SMILES string of the molecule is CCCCCC(=O)N/N=C/c1ccc(C)s1. The van der Waals surface area contributed by atoms with Gasteiger partial charge in [0.25, 0.3) is 0 Å². The second kappa shape index (κ2) is 7.17. The molecule has 1 heterocycles. The van der Waals surface area contributed by atoms with Gasteiger partial charge in [0.1, 0.15) is 0 Å². The van der Waals surface area contributed by atoms with Crippen molar-refractivity contribution in [3.05, 3.63) is 21.9 Å². The van der Waals surface area contributed by atoms with Crippen LogP contribution in [0.15, 0.2) is 17.2 Å². The van der Waals surface area contributed by atoms with E-state index in [1.54, 1.807) is 17.6 Å². The number of amides is 1. The molecule has 0 aliphatic heterocycles. The number of unbranched alkanes of at least 4 members (excludes halogenated alkanes) is 2. The topological polar surface area (TPSA) is 41.5 Å². The largest absolute Gasteiger partial charge is 0.273 e. The molecule has 0 unspecified atom stereocenters. The fraction of sp³-hybridized carbons (Fsp3) is 0.500. The minimum absolute atomic E-state index is 0.00187. The summed E-state index contributed by atoms with van der Waals surface area (Å²) in [6.45, 7) is 4.17. The normalized spacial score (nSPS) is 10.9. The molecule has 0 saturated heterocycles. The van der Waals surface area contributed by atoms with Crippen molar-refractivity contribution in [2.45, 2.75) is 39.5 Å². The van der Waals surface area contributed by atoms with Gasteiger partial charge in [-0.1, -0.05) is 19.8 Å². The van der Waals surface area contributed by atoms with E-state index < -0.39 is 0 Å². The lowest BCUT2D eigenvalue weighted by molar-refractivity contribution is -0.121. The third-order valence-corrected chi connectivity index (χ3v) is 3.08. The second-order valence-corrected chi connectivity index (χ2v) is 5.02. The van der Waals surface area contributed by atoms with Crippen LogP contribution in [0, 0.1) is 6.92 Å². The van der Waals surface area contributed by atoms with Crippen molar-refractivity contribution in [3.8, 4) is 0 Å².